The number of nitrogens with zero attached hydrogens (tertiary/aromatic N) is 1. The lowest BCUT2D eigenvalue weighted by Gasteiger charge is -2.17. The molecule has 0 aliphatic heterocycles. The van der Waals surface area contributed by atoms with Crippen molar-refractivity contribution in [2.45, 2.75) is 85.6 Å². The van der Waals surface area contributed by atoms with E-state index >= 15 is 0 Å². The van der Waals surface area contributed by atoms with E-state index in [0.29, 0.717) is 37.9 Å². The van der Waals surface area contributed by atoms with E-state index in [2.05, 4.69) is 10.6 Å². The van der Waals surface area contributed by atoms with Crippen LogP contribution in [-0.2, 0) is 28.7 Å². The number of ether oxygens (including phenoxy) is 1. The summed E-state index contributed by atoms with van der Waals surface area (Å²) in [5.41, 5.74) is 0.531. The van der Waals surface area contributed by atoms with Gasteiger partial charge >= 0.3 is 5.97 Å². The molecule has 0 spiro atoms. The second kappa shape index (κ2) is 18.7. The van der Waals surface area contributed by atoms with Crippen molar-refractivity contribution in [3.8, 4) is 0 Å². The van der Waals surface area contributed by atoms with Gasteiger partial charge in [0.05, 0.1) is 12.8 Å². The smallest absolute Gasteiger partial charge is 0.328 e. The minimum atomic E-state index is -1.13. The number of unbranched alkanes of at least 4 members (excludes halogenated alkanes) is 2. The molecule has 0 bridgehead atoms. The number of amides is 4. The number of hydrogen-bond acceptors (Lipinski definition) is 7. The highest BCUT2D eigenvalue weighted by molar-refractivity contribution is 6.06. The summed E-state index contributed by atoms with van der Waals surface area (Å²) in [6.07, 6.45) is 2.46. The Morgan fingerprint density at radius 2 is 1.51 bits per heavy atom. The lowest BCUT2D eigenvalue weighted by molar-refractivity contribution is -0.145. The van der Waals surface area contributed by atoms with Crippen molar-refractivity contribution < 1.29 is 33.5 Å². The third kappa shape index (κ3) is 12.8. The van der Waals surface area contributed by atoms with E-state index < -0.39 is 17.8 Å². The van der Waals surface area contributed by atoms with E-state index in [9.17, 15) is 28.8 Å². The average molecular weight is 520 g/mol. The van der Waals surface area contributed by atoms with Gasteiger partial charge in [-0.25, -0.2) is 4.79 Å². The van der Waals surface area contributed by atoms with Gasteiger partial charge in [0.1, 0.15) is 6.04 Å². The molecule has 206 valence electrons. The first-order valence-electron chi connectivity index (χ1n) is 12.7. The second-order valence-corrected chi connectivity index (χ2v) is 8.11. The van der Waals surface area contributed by atoms with Crippen LogP contribution in [0, 0.1) is 0 Å². The summed E-state index contributed by atoms with van der Waals surface area (Å²) in [5, 5.41) is 5.25. The van der Waals surface area contributed by atoms with Crippen LogP contribution in [0.5, 0.6) is 0 Å². The number of esters is 1. The minimum Gasteiger partial charge on any atom is -0.467 e. The first-order valence-corrected chi connectivity index (χ1v) is 12.7. The molecule has 0 aliphatic carbocycles. The first-order chi connectivity index (χ1) is 17.6. The summed E-state index contributed by atoms with van der Waals surface area (Å²) in [6, 6.07) is 5.32. The molecule has 10 heteroatoms. The van der Waals surface area contributed by atoms with E-state index in [1.165, 1.54) is 27.0 Å². The third-order valence-corrected chi connectivity index (χ3v) is 5.23. The van der Waals surface area contributed by atoms with Gasteiger partial charge in [-0.3, -0.25) is 28.9 Å². The quantitative estimate of drug-likeness (QED) is 0.217. The largest absolute Gasteiger partial charge is 0.467 e. The van der Waals surface area contributed by atoms with Crippen LogP contribution in [0.25, 0.3) is 0 Å². The Morgan fingerprint density at radius 3 is 2.08 bits per heavy atom. The van der Waals surface area contributed by atoms with Gasteiger partial charge in [-0.1, -0.05) is 39.3 Å². The van der Waals surface area contributed by atoms with Crippen molar-refractivity contribution >= 4 is 41.1 Å². The molecule has 1 aromatic rings. The molecule has 4 amide bonds. The third-order valence-electron chi connectivity index (χ3n) is 5.23. The monoisotopic (exact) mass is 519 g/mol. The topological polar surface area (TPSA) is 139 Å². The highest BCUT2D eigenvalue weighted by atomic mass is 16.5. The van der Waals surface area contributed by atoms with Crippen LogP contribution in [0.1, 0.15) is 89.9 Å². The zero-order chi connectivity index (χ0) is 28.4. The normalized spacial score (nSPS) is 10.8. The lowest BCUT2D eigenvalue weighted by atomic mass is 10.0. The van der Waals surface area contributed by atoms with Crippen LogP contribution >= 0.6 is 0 Å². The number of ketones is 1. The maximum atomic E-state index is 12.9. The molecule has 2 N–H and O–H groups in total. The molecule has 0 radical (unpaired) electrons. The number of rotatable bonds is 14. The maximum Gasteiger partial charge on any atom is 0.328 e. The van der Waals surface area contributed by atoms with Crippen molar-refractivity contribution in [2.75, 3.05) is 19.0 Å². The summed E-state index contributed by atoms with van der Waals surface area (Å²) in [7, 11) is 1.18. The summed E-state index contributed by atoms with van der Waals surface area (Å²) < 4.78 is 4.71. The van der Waals surface area contributed by atoms with Gasteiger partial charge in [0.25, 0.3) is 0 Å². The second-order valence-electron chi connectivity index (χ2n) is 8.11. The van der Waals surface area contributed by atoms with E-state index in [1.54, 1.807) is 18.2 Å². The number of anilines is 1. The number of para-hydroxylation sites is 1. The van der Waals surface area contributed by atoms with Crippen LogP contribution in [0.4, 0.5) is 5.69 Å². The number of nitrogens with one attached hydrogen (secondary N) is 2. The Balaban J connectivity index is 0.00000631. The highest BCUT2D eigenvalue weighted by Gasteiger charge is 2.26. The zero-order valence-electron chi connectivity index (χ0n) is 22.8. The highest BCUT2D eigenvalue weighted by Crippen LogP contribution is 2.19. The predicted octanol–water partition coefficient (Wildman–Crippen LogP) is 3.64. The number of carbonyl (C=O) groups excluding carboxylic acids is 6. The fourth-order valence-corrected chi connectivity index (χ4v) is 3.44. The van der Waals surface area contributed by atoms with E-state index in [-0.39, 0.29) is 48.5 Å². The van der Waals surface area contributed by atoms with E-state index in [0.717, 1.165) is 4.90 Å². The van der Waals surface area contributed by atoms with Gasteiger partial charge in [-0.05, 0) is 31.4 Å². The molecule has 1 atom stereocenters. The van der Waals surface area contributed by atoms with E-state index in [1.807, 2.05) is 20.8 Å². The van der Waals surface area contributed by atoms with Crippen molar-refractivity contribution in [2.24, 2.45) is 0 Å². The van der Waals surface area contributed by atoms with Crippen LogP contribution in [-0.4, -0.2) is 60.0 Å². The van der Waals surface area contributed by atoms with Crippen molar-refractivity contribution in [1.82, 2.24) is 10.2 Å². The number of hydrogen-bond donors (Lipinski definition) is 2. The fourth-order valence-electron chi connectivity index (χ4n) is 3.44. The fraction of sp³-hybridized carbons (Fsp3) is 0.556. The minimum absolute atomic E-state index is 0.195. The molecule has 0 saturated carbocycles. The van der Waals surface area contributed by atoms with Crippen LogP contribution in [0.2, 0.25) is 0 Å². The van der Waals surface area contributed by atoms with Crippen molar-refractivity contribution in [1.29, 1.82) is 0 Å². The molecule has 1 unspecified atom stereocenters. The number of benzene rings is 1. The summed E-state index contributed by atoms with van der Waals surface area (Å²) >= 11 is 0. The summed E-state index contributed by atoms with van der Waals surface area (Å²) in [5.74, 6) is -2.42. The van der Waals surface area contributed by atoms with Gasteiger partial charge in [-0.2, -0.15) is 0 Å². The van der Waals surface area contributed by atoms with E-state index in [4.69, 9.17) is 4.74 Å². The molecular formula is C27H41N3O7. The summed E-state index contributed by atoms with van der Waals surface area (Å²) in [6.45, 7) is 8.80. The molecule has 0 aromatic heterocycles. The Hall–Kier alpha value is -3.56. The molecular weight excluding hydrogens is 478 g/mol. The predicted molar refractivity (Wildman–Crippen MR) is 141 cm³/mol. The lowest BCUT2D eigenvalue weighted by Crippen LogP contribution is -2.42. The number of imide groups is 1. The maximum absolute atomic E-state index is 12.9. The molecule has 37 heavy (non-hydrogen) atoms. The average Bonchev–Trinajstić information content (AvgIpc) is 2.86. The van der Waals surface area contributed by atoms with Crippen LogP contribution < -0.4 is 10.6 Å². The molecule has 0 heterocycles. The zero-order valence-corrected chi connectivity index (χ0v) is 22.8. The van der Waals surface area contributed by atoms with Gasteiger partial charge in [0.15, 0.2) is 5.78 Å². The molecule has 10 nitrogen and oxygen atoms in total. The number of carbonyl (C=O) groups is 6. The molecule has 1 aromatic carbocycles. The van der Waals surface area contributed by atoms with Crippen LogP contribution in [0.3, 0.4) is 0 Å². The number of methoxy groups -OCH3 is 1. The Bertz CT molecular complexity index is 916. The van der Waals surface area contributed by atoms with Gasteiger partial charge < -0.3 is 15.4 Å². The first kappa shape index (κ1) is 33.4. The Kier molecular flexibility index (Phi) is 16.9. The van der Waals surface area contributed by atoms with Crippen molar-refractivity contribution in [3.05, 3.63) is 29.8 Å². The SMILES string of the molecule is CC.CCCC(=O)NC(CC(=O)c1ccccc1NC(=O)CCCCCN(C(C)=O)C(C)=O)C(=O)OC. The Labute approximate surface area is 219 Å². The molecule has 0 fully saturated rings. The standard InChI is InChI=1S/C25H35N3O7.C2H6/c1-5-11-23(32)27-21(25(34)35-4)16-22(31)19-12-8-9-13-20(19)26-24(33)14-7-6-10-15-28(17(2)29)18(3)30;1-2/h8-9,12-13,21H,5-7,10-11,14-16H2,1-4H3,(H,26,33)(H,27,32);1-2H3. The Morgan fingerprint density at radius 1 is 0.892 bits per heavy atom. The summed E-state index contributed by atoms with van der Waals surface area (Å²) in [4.78, 5) is 73.3. The number of Topliss-reactive ketones (excluding diaryl/α,β-unsaturated/α-hetero) is 1. The van der Waals surface area contributed by atoms with Gasteiger partial charge in [0.2, 0.25) is 23.6 Å². The van der Waals surface area contributed by atoms with Gasteiger partial charge in [-0.15, -0.1) is 0 Å². The van der Waals surface area contributed by atoms with Gasteiger partial charge in [0, 0.05) is 45.2 Å². The molecule has 0 aliphatic rings. The van der Waals surface area contributed by atoms with Crippen molar-refractivity contribution in [3.63, 3.8) is 0 Å². The van der Waals surface area contributed by atoms with Crippen LogP contribution in [0.15, 0.2) is 24.3 Å². The molecule has 1 rings (SSSR count). The molecule has 0 saturated heterocycles.